The van der Waals surface area contributed by atoms with E-state index in [1.807, 2.05) is 18.3 Å². The van der Waals surface area contributed by atoms with Crippen molar-refractivity contribution < 1.29 is 28.1 Å². The Hall–Kier alpha value is -2.82. The summed E-state index contributed by atoms with van der Waals surface area (Å²) in [5, 5.41) is 25.9. The fraction of sp³-hybridized carbons (Fsp3) is 0.409. The Morgan fingerprint density at radius 3 is 2.88 bits per heavy atom. The molecule has 3 aromatic rings. The van der Waals surface area contributed by atoms with E-state index in [-0.39, 0.29) is 24.9 Å². The first-order valence-electron chi connectivity index (χ1n) is 10.4. The van der Waals surface area contributed by atoms with Crippen LogP contribution in [0.15, 0.2) is 42.7 Å². The molecule has 4 rings (SSSR count). The van der Waals surface area contributed by atoms with E-state index in [0.29, 0.717) is 12.1 Å². The Morgan fingerprint density at radius 1 is 1.25 bits per heavy atom. The van der Waals surface area contributed by atoms with Crippen molar-refractivity contribution >= 4 is 11.2 Å². The lowest BCUT2D eigenvalue weighted by Crippen LogP contribution is -2.28. The molecule has 2 unspecified atom stereocenters. The number of hydrogen-bond acceptors (Lipinski definition) is 6. The van der Waals surface area contributed by atoms with E-state index in [1.54, 1.807) is 10.7 Å². The molecular formula is C22H25F3N4O3. The second-order valence-corrected chi connectivity index (χ2v) is 7.80. The summed E-state index contributed by atoms with van der Waals surface area (Å²) in [6, 6.07) is 7.53. The molecule has 1 fully saturated rings. The summed E-state index contributed by atoms with van der Waals surface area (Å²) < 4.78 is 45.5. The van der Waals surface area contributed by atoms with Crippen molar-refractivity contribution in [3.05, 3.63) is 59.7 Å². The first kappa shape index (κ1) is 22.4. The molecule has 0 aliphatic carbocycles. The highest BCUT2D eigenvalue weighted by molar-refractivity contribution is 5.64. The molecule has 0 radical (unpaired) electrons. The van der Waals surface area contributed by atoms with E-state index in [4.69, 9.17) is 5.11 Å². The molecule has 1 saturated heterocycles. The van der Waals surface area contributed by atoms with Gasteiger partial charge in [0, 0.05) is 43.1 Å². The number of nitrogens with zero attached hydrogens (tertiary/aromatic N) is 3. The Bertz CT molecular complexity index is 1060. The first-order chi connectivity index (χ1) is 15.4. The fourth-order valence-corrected chi connectivity index (χ4v) is 4.14. The molecule has 0 amide bonds. The molecule has 0 bridgehead atoms. The Balaban J connectivity index is 1.58. The Labute approximate surface area is 183 Å². The normalized spacial score (nSPS) is 17.4. The van der Waals surface area contributed by atoms with Crippen LogP contribution in [0.1, 0.15) is 30.0 Å². The van der Waals surface area contributed by atoms with Gasteiger partial charge in [-0.3, -0.25) is 0 Å². The summed E-state index contributed by atoms with van der Waals surface area (Å²) in [5.41, 5.74) is 3.30. The SMILES string of the molecule is OCC(O)CNCc1cnn2ccc(N3CCCC3c3cc(F)cc(OC(F)F)c3)cc12. The van der Waals surface area contributed by atoms with Crippen LogP contribution in [0, 0.1) is 5.82 Å². The largest absolute Gasteiger partial charge is 0.435 e. The smallest absolute Gasteiger partial charge is 0.387 e. The van der Waals surface area contributed by atoms with Gasteiger partial charge < -0.3 is 25.2 Å². The molecule has 32 heavy (non-hydrogen) atoms. The van der Waals surface area contributed by atoms with E-state index in [2.05, 4.69) is 20.1 Å². The van der Waals surface area contributed by atoms with Gasteiger partial charge in [-0.25, -0.2) is 8.91 Å². The molecule has 2 aromatic heterocycles. The summed E-state index contributed by atoms with van der Waals surface area (Å²) in [6.07, 6.45) is 4.38. The van der Waals surface area contributed by atoms with Crippen LogP contribution >= 0.6 is 0 Å². The number of pyridine rings is 1. The number of hydrogen-bond donors (Lipinski definition) is 3. The minimum Gasteiger partial charge on any atom is -0.435 e. The average Bonchev–Trinajstić information content (AvgIpc) is 3.39. The number of benzene rings is 1. The number of aliphatic hydroxyl groups excluding tert-OH is 2. The molecule has 172 valence electrons. The lowest BCUT2D eigenvalue weighted by atomic mass is 10.0. The number of alkyl halides is 2. The van der Waals surface area contributed by atoms with Gasteiger partial charge in [0.25, 0.3) is 0 Å². The van der Waals surface area contributed by atoms with Crippen LogP contribution in [0.3, 0.4) is 0 Å². The highest BCUT2D eigenvalue weighted by Gasteiger charge is 2.28. The third-order valence-corrected chi connectivity index (χ3v) is 5.58. The number of aliphatic hydroxyl groups is 2. The number of nitrogens with one attached hydrogen (secondary N) is 1. The van der Waals surface area contributed by atoms with Gasteiger partial charge in [0.15, 0.2) is 0 Å². The predicted molar refractivity (Wildman–Crippen MR) is 112 cm³/mol. The quantitative estimate of drug-likeness (QED) is 0.465. The minimum absolute atomic E-state index is 0.169. The number of anilines is 1. The molecule has 2 atom stereocenters. The summed E-state index contributed by atoms with van der Waals surface area (Å²) in [6.45, 7) is -1.87. The van der Waals surface area contributed by atoms with E-state index < -0.39 is 18.5 Å². The van der Waals surface area contributed by atoms with Crippen molar-refractivity contribution in [1.29, 1.82) is 0 Å². The fourth-order valence-electron chi connectivity index (χ4n) is 4.14. The van der Waals surface area contributed by atoms with Crippen LogP contribution in [0.25, 0.3) is 5.52 Å². The van der Waals surface area contributed by atoms with Crippen LogP contribution < -0.4 is 15.0 Å². The van der Waals surface area contributed by atoms with Gasteiger partial charge in [0.2, 0.25) is 0 Å². The van der Waals surface area contributed by atoms with Crippen molar-refractivity contribution in [3.63, 3.8) is 0 Å². The molecule has 3 heterocycles. The van der Waals surface area contributed by atoms with Crippen LogP contribution in [-0.4, -0.2) is 52.2 Å². The molecule has 0 spiro atoms. The first-order valence-corrected chi connectivity index (χ1v) is 10.4. The molecule has 1 aliphatic rings. The second-order valence-electron chi connectivity index (χ2n) is 7.80. The maximum atomic E-state index is 14.1. The average molecular weight is 450 g/mol. The molecule has 7 nitrogen and oxygen atoms in total. The monoisotopic (exact) mass is 450 g/mol. The summed E-state index contributed by atoms with van der Waals surface area (Å²) >= 11 is 0. The van der Waals surface area contributed by atoms with E-state index in [1.165, 1.54) is 12.1 Å². The number of aromatic nitrogens is 2. The van der Waals surface area contributed by atoms with Gasteiger partial charge in [-0.15, -0.1) is 0 Å². The van der Waals surface area contributed by atoms with Crippen molar-refractivity contribution in [2.24, 2.45) is 0 Å². The molecule has 1 aliphatic heterocycles. The van der Waals surface area contributed by atoms with Crippen LogP contribution in [-0.2, 0) is 6.54 Å². The number of rotatable bonds is 9. The third-order valence-electron chi connectivity index (χ3n) is 5.58. The molecule has 3 N–H and O–H groups in total. The Kier molecular flexibility index (Phi) is 6.83. The van der Waals surface area contributed by atoms with Crippen molar-refractivity contribution in [2.45, 2.75) is 38.1 Å². The molecule has 1 aromatic carbocycles. The summed E-state index contributed by atoms with van der Waals surface area (Å²) in [7, 11) is 0. The highest BCUT2D eigenvalue weighted by atomic mass is 19.3. The molecular weight excluding hydrogens is 425 g/mol. The van der Waals surface area contributed by atoms with E-state index in [9.17, 15) is 18.3 Å². The van der Waals surface area contributed by atoms with Crippen LogP contribution in [0.4, 0.5) is 18.9 Å². The Morgan fingerprint density at radius 2 is 2.09 bits per heavy atom. The van der Waals surface area contributed by atoms with Crippen molar-refractivity contribution in [1.82, 2.24) is 14.9 Å². The molecule has 10 heteroatoms. The van der Waals surface area contributed by atoms with Gasteiger partial charge >= 0.3 is 6.61 Å². The lowest BCUT2D eigenvalue weighted by molar-refractivity contribution is -0.0500. The zero-order valence-corrected chi connectivity index (χ0v) is 17.3. The topological polar surface area (TPSA) is 82.3 Å². The van der Waals surface area contributed by atoms with E-state index in [0.717, 1.165) is 42.2 Å². The number of fused-ring (bicyclic) bond motifs is 1. The van der Waals surface area contributed by atoms with Gasteiger partial charge in [0.1, 0.15) is 11.6 Å². The summed E-state index contributed by atoms with van der Waals surface area (Å²) in [4.78, 5) is 2.13. The van der Waals surface area contributed by atoms with Crippen LogP contribution in [0.5, 0.6) is 5.75 Å². The molecule has 0 saturated carbocycles. The second kappa shape index (κ2) is 9.76. The summed E-state index contributed by atoms with van der Waals surface area (Å²) in [5.74, 6) is -0.804. The van der Waals surface area contributed by atoms with Gasteiger partial charge in [-0.1, -0.05) is 0 Å². The predicted octanol–water partition coefficient (Wildman–Crippen LogP) is 2.86. The minimum atomic E-state index is -3.01. The lowest BCUT2D eigenvalue weighted by Gasteiger charge is -2.27. The maximum absolute atomic E-state index is 14.1. The van der Waals surface area contributed by atoms with Gasteiger partial charge in [0.05, 0.1) is 30.5 Å². The maximum Gasteiger partial charge on any atom is 0.387 e. The van der Waals surface area contributed by atoms with Gasteiger partial charge in [-0.2, -0.15) is 13.9 Å². The van der Waals surface area contributed by atoms with Crippen molar-refractivity contribution in [2.75, 3.05) is 24.6 Å². The highest BCUT2D eigenvalue weighted by Crippen LogP contribution is 2.38. The standard InChI is InChI=1S/C22H25F3N4O3/c23-16-6-14(7-19(8-16)32-22(24)25)20-2-1-4-28(20)17-3-5-29-21(9-17)15(11-27-29)10-26-12-18(31)13-30/h3,5-9,11,18,20,22,26,30-31H,1-2,4,10,12-13H2. The van der Waals surface area contributed by atoms with Crippen LogP contribution in [0.2, 0.25) is 0 Å². The van der Waals surface area contributed by atoms with Gasteiger partial charge in [-0.05, 0) is 42.7 Å². The zero-order chi connectivity index (χ0) is 22.7. The van der Waals surface area contributed by atoms with E-state index >= 15 is 0 Å². The third kappa shape index (κ3) is 4.98. The van der Waals surface area contributed by atoms with Crippen molar-refractivity contribution in [3.8, 4) is 5.75 Å². The number of halogens is 3. The zero-order valence-electron chi connectivity index (χ0n) is 17.3. The number of ether oxygens (including phenoxy) is 1.